The third-order valence-electron chi connectivity index (χ3n) is 3.37. The molecule has 1 heterocycles. The van der Waals surface area contributed by atoms with Crippen molar-refractivity contribution in [1.82, 2.24) is 15.2 Å². The molecule has 118 valence electrons. The average Bonchev–Trinajstić information content (AvgIpc) is 2.97. The van der Waals surface area contributed by atoms with Crippen LogP contribution in [0.5, 0.6) is 0 Å². The van der Waals surface area contributed by atoms with Gasteiger partial charge in [0.1, 0.15) is 10.8 Å². The zero-order chi connectivity index (χ0) is 15.9. The molecule has 1 aromatic carbocycles. The van der Waals surface area contributed by atoms with Crippen LogP contribution in [-0.4, -0.2) is 28.9 Å². The lowest BCUT2D eigenvalue weighted by Crippen LogP contribution is -2.23. The third-order valence-corrected chi connectivity index (χ3v) is 4.26. The van der Waals surface area contributed by atoms with Crippen molar-refractivity contribution in [3.63, 3.8) is 0 Å². The molecule has 0 saturated carbocycles. The first kappa shape index (κ1) is 16.6. The molecule has 2 rings (SSSR count). The summed E-state index contributed by atoms with van der Waals surface area (Å²) in [6.07, 6.45) is 0. The quantitative estimate of drug-likeness (QED) is 0.852. The molecule has 4 nitrogen and oxygen atoms in total. The number of thiazole rings is 1. The fraction of sp³-hybridized carbons (Fsp3) is 0.375. The minimum atomic E-state index is -0.414. The Bertz CT molecular complexity index is 625. The van der Waals surface area contributed by atoms with E-state index in [-0.39, 0.29) is 5.91 Å². The monoisotopic (exact) mass is 321 g/mol. The summed E-state index contributed by atoms with van der Waals surface area (Å²) in [6.45, 7) is 7.39. The molecule has 1 amide bonds. The number of rotatable bonds is 7. The number of amides is 1. The molecule has 0 spiro atoms. The van der Waals surface area contributed by atoms with Crippen molar-refractivity contribution < 1.29 is 9.18 Å². The summed E-state index contributed by atoms with van der Waals surface area (Å²) in [5.41, 5.74) is 1.34. The van der Waals surface area contributed by atoms with Gasteiger partial charge in [0.15, 0.2) is 0 Å². The Morgan fingerprint density at radius 3 is 2.82 bits per heavy atom. The van der Waals surface area contributed by atoms with Crippen LogP contribution in [0.3, 0.4) is 0 Å². The number of hydrogen-bond acceptors (Lipinski definition) is 4. The third kappa shape index (κ3) is 4.61. The summed E-state index contributed by atoms with van der Waals surface area (Å²) >= 11 is 1.53. The molecule has 0 aliphatic carbocycles. The van der Waals surface area contributed by atoms with Gasteiger partial charge in [0.05, 0.1) is 12.2 Å². The smallest absolute Gasteiger partial charge is 0.251 e. The second kappa shape index (κ2) is 8.00. The van der Waals surface area contributed by atoms with E-state index in [1.807, 2.05) is 5.38 Å². The van der Waals surface area contributed by atoms with E-state index in [0.717, 1.165) is 30.3 Å². The van der Waals surface area contributed by atoms with Crippen molar-refractivity contribution in [2.75, 3.05) is 13.1 Å². The number of hydrogen-bond donors (Lipinski definition) is 1. The lowest BCUT2D eigenvalue weighted by molar-refractivity contribution is 0.0950. The topological polar surface area (TPSA) is 45.2 Å². The number of nitrogens with zero attached hydrogens (tertiary/aromatic N) is 2. The van der Waals surface area contributed by atoms with Crippen LogP contribution in [0.4, 0.5) is 4.39 Å². The van der Waals surface area contributed by atoms with Crippen LogP contribution in [0.15, 0.2) is 29.6 Å². The SMILES string of the molecule is CCN(CC)Cc1csc(CNC(=O)c2cccc(F)c2)n1. The summed E-state index contributed by atoms with van der Waals surface area (Å²) in [4.78, 5) is 18.7. The Morgan fingerprint density at radius 1 is 1.36 bits per heavy atom. The van der Waals surface area contributed by atoms with Gasteiger partial charge in [-0.15, -0.1) is 11.3 Å². The van der Waals surface area contributed by atoms with Crippen LogP contribution in [0, 0.1) is 5.82 Å². The van der Waals surface area contributed by atoms with E-state index in [2.05, 4.69) is 29.0 Å². The average molecular weight is 321 g/mol. The van der Waals surface area contributed by atoms with Crippen molar-refractivity contribution in [2.24, 2.45) is 0 Å². The number of aromatic nitrogens is 1. The van der Waals surface area contributed by atoms with Crippen molar-refractivity contribution in [3.05, 3.63) is 51.7 Å². The molecule has 6 heteroatoms. The number of carbonyl (C=O) groups is 1. The molecule has 1 aromatic heterocycles. The number of nitrogens with one attached hydrogen (secondary N) is 1. The number of carbonyl (C=O) groups excluding carboxylic acids is 1. The Hall–Kier alpha value is -1.79. The first-order valence-corrected chi connectivity index (χ1v) is 8.19. The molecule has 1 N–H and O–H groups in total. The first-order chi connectivity index (χ1) is 10.6. The highest BCUT2D eigenvalue weighted by Crippen LogP contribution is 2.12. The Morgan fingerprint density at radius 2 is 2.14 bits per heavy atom. The zero-order valence-electron chi connectivity index (χ0n) is 12.8. The highest BCUT2D eigenvalue weighted by atomic mass is 32.1. The van der Waals surface area contributed by atoms with Gasteiger partial charge < -0.3 is 5.32 Å². The molecule has 0 radical (unpaired) electrons. The van der Waals surface area contributed by atoms with E-state index >= 15 is 0 Å². The highest BCUT2D eigenvalue weighted by molar-refractivity contribution is 7.09. The van der Waals surface area contributed by atoms with Gasteiger partial charge >= 0.3 is 0 Å². The number of halogens is 1. The molecule has 0 unspecified atom stereocenters. The minimum absolute atomic E-state index is 0.292. The van der Waals surface area contributed by atoms with Gasteiger partial charge in [-0.1, -0.05) is 19.9 Å². The summed E-state index contributed by atoms with van der Waals surface area (Å²) < 4.78 is 13.1. The van der Waals surface area contributed by atoms with Crippen LogP contribution >= 0.6 is 11.3 Å². The van der Waals surface area contributed by atoms with Crippen molar-refractivity contribution >= 4 is 17.2 Å². The van der Waals surface area contributed by atoms with Gasteiger partial charge in [-0.2, -0.15) is 0 Å². The van der Waals surface area contributed by atoms with Crippen LogP contribution in [0.25, 0.3) is 0 Å². The molecule has 0 aliphatic rings. The van der Waals surface area contributed by atoms with Gasteiger partial charge in [-0.3, -0.25) is 9.69 Å². The van der Waals surface area contributed by atoms with E-state index in [0.29, 0.717) is 12.1 Å². The molecule has 2 aromatic rings. The maximum atomic E-state index is 13.1. The van der Waals surface area contributed by atoms with Crippen molar-refractivity contribution in [2.45, 2.75) is 26.9 Å². The van der Waals surface area contributed by atoms with E-state index in [4.69, 9.17) is 0 Å². The van der Waals surface area contributed by atoms with Gasteiger partial charge in [-0.05, 0) is 31.3 Å². The standard InChI is InChI=1S/C16H20FN3OS/c1-3-20(4-2)10-14-11-22-15(19-14)9-18-16(21)12-6-5-7-13(17)8-12/h5-8,11H,3-4,9-10H2,1-2H3,(H,18,21). The summed E-state index contributed by atoms with van der Waals surface area (Å²) in [5.74, 6) is -0.705. The molecular weight excluding hydrogens is 301 g/mol. The number of benzene rings is 1. The molecule has 0 aliphatic heterocycles. The van der Waals surface area contributed by atoms with Crippen molar-refractivity contribution in [3.8, 4) is 0 Å². The van der Waals surface area contributed by atoms with E-state index in [9.17, 15) is 9.18 Å². The van der Waals surface area contributed by atoms with Gasteiger partial charge in [-0.25, -0.2) is 9.37 Å². The Balaban J connectivity index is 1.89. The highest BCUT2D eigenvalue weighted by Gasteiger charge is 2.09. The van der Waals surface area contributed by atoms with E-state index < -0.39 is 5.82 Å². The molecule has 0 saturated heterocycles. The van der Waals surface area contributed by atoms with Crippen molar-refractivity contribution in [1.29, 1.82) is 0 Å². The molecule has 0 atom stereocenters. The predicted octanol–water partition coefficient (Wildman–Crippen LogP) is 3.05. The van der Waals surface area contributed by atoms with E-state index in [1.54, 1.807) is 6.07 Å². The predicted molar refractivity (Wildman–Crippen MR) is 86.3 cm³/mol. The van der Waals surface area contributed by atoms with E-state index in [1.165, 1.54) is 29.5 Å². The van der Waals surface area contributed by atoms with Gasteiger partial charge in [0.2, 0.25) is 0 Å². The Labute approximate surface area is 134 Å². The second-order valence-corrected chi connectivity index (χ2v) is 5.83. The molecular formula is C16H20FN3OS. The zero-order valence-corrected chi connectivity index (χ0v) is 13.6. The lowest BCUT2D eigenvalue weighted by atomic mass is 10.2. The Kier molecular flexibility index (Phi) is 6.03. The first-order valence-electron chi connectivity index (χ1n) is 7.31. The maximum absolute atomic E-state index is 13.1. The van der Waals surface area contributed by atoms with Crippen LogP contribution in [0.2, 0.25) is 0 Å². The van der Waals surface area contributed by atoms with Gasteiger partial charge in [0, 0.05) is 17.5 Å². The second-order valence-electron chi connectivity index (χ2n) is 4.89. The largest absolute Gasteiger partial charge is 0.346 e. The molecule has 0 fully saturated rings. The summed E-state index contributed by atoms with van der Waals surface area (Å²) in [6, 6.07) is 5.65. The summed E-state index contributed by atoms with van der Waals surface area (Å²) in [7, 11) is 0. The summed E-state index contributed by atoms with van der Waals surface area (Å²) in [5, 5.41) is 5.64. The van der Waals surface area contributed by atoms with Gasteiger partial charge in [0.25, 0.3) is 5.91 Å². The maximum Gasteiger partial charge on any atom is 0.251 e. The molecule has 22 heavy (non-hydrogen) atoms. The fourth-order valence-electron chi connectivity index (χ4n) is 2.07. The minimum Gasteiger partial charge on any atom is -0.346 e. The fourth-order valence-corrected chi connectivity index (χ4v) is 2.79. The van der Waals surface area contributed by atoms with Crippen LogP contribution < -0.4 is 5.32 Å². The lowest BCUT2D eigenvalue weighted by Gasteiger charge is -2.15. The molecule has 0 bridgehead atoms. The van der Waals surface area contributed by atoms with Crippen LogP contribution in [-0.2, 0) is 13.1 Å². The van der Waals surface area contributed by atoms with Crippen LogP contribution in [0.1, 0.15) is 34.9 Å². The normalized spacial score (nSPS) is 10.9.